The number of carbonyl (C=O) groups is 1. The highest BCUT2D eigenvalue weighted by molar-refractivity contribution is 7.89. The molecule has 9 heteroatoms. The van der Waals surface area contributed by atoms with Gasteiger partial charge in [0.05, 0.1) is 11.9 Å². The van der Waals surface area contributed by atoms with E-state index in [4.69, 9.17) is 4.74 Å². The van der Waals surface area contributed by atoms with Gasteiger partial charge in [0.15, 0.2) is 0 Å². The number of benzene rings is 2. The molecule has 0 bridgehead atoms. The van der Waals surface area contributed by atoms with Crippen LogP contribution in [0.1, 0.15) is 32.3 Å². The number of ether oxygens (including phenoxy) is 1. The summed E-state index contributed by atoms with van der Waals surface area (Å²) < 4.78 is 48.5. The molecule has 4 rings (SSSR count). The van der Waals surface area contributed by atoms with Crippen LogP contribution < -0.4 is 19.7 Å². The SMILES string of the molecule is CC(=O)NC(C)(F)c1cccc(Oc2ccc3c(c2)S(=O)(=O)NC2CCCN32)c1. The van der Waals surface area contributed by atoms with Crippen molar-refractivity contribution in [2.45, 2.75) is 43.5 Å². The summed E-state index contributed by atoms with van der Waals surface area (Å²) in [6, 6.07) is 11.2. The van der Waals surface area contributed by atoms with Crippen molar-refractivity contribution in [2.75, 3.05) is 11.4 Å². The Morgan fingerprint density at radius 3 is 2.79 bits per heavy atom. The van der Waals surface area contributed by atoms with Crippen LogP contribution >= 0.6 is 0 Å². The molecule has 0 saturated carbocycles. The van der Waals surface area contributed by atoms with Crippen LogP contribution in [0.4, 0.5) is 10.1 Å². The van der Waals surface area contributed by atoms with Crippen LogP contribution in [0.25, 0.3) is 0 Å². The third-order valence-electron chi connectivity index (χ3n) is 5.10. The summed E-state index contributed by atoms with van der Waals surface area (Å²) in [5.41, 5.74) is 0.881. The Balaban J connectivity index is 1.63. The number of sulfonamides is 1. The Hall–Kier alpha value is -2.65. The van der Waals surface area contributed by atoms with E-state index in [2.05, 4.69) is 10.0 Å². The number of carbonyl (C=O) groups excluding carboxylic acids is 1. The topological polar surface area (TPSA) is 87.7 Å². The molecule has 2 unspecified atom stereocenters. The van der Waals surface area contributed by atoms with Gasteiger partial charge in [-0.3, -0.25) is 4.79 Å². The van der Waals surface area contributed by atoms with Crippen LogP contribution in [0.2, 0.25) is 0 Å². The molecule has 1 saturated heterocycles. The second-order valence-corrected chi connectivity index (χ2v) is 9.10. The molecule has 2 aliphatic rings. The first kappa shape index (κ1) is 19.7. The fourth-order valence-electron chi connectivity index (χ4n) is 3.82. The van der Waals surface area contributed by atoms with Crippen molar-refractivity contribution in [3.63, 3.8) is 0 Å². The van der Waals surface area contributed by atoms with Crippen LogP contribution in [0.15, 0.2) is 47.4 Å². The second-order valence-electron chi connectivity index (χ2n) is 7.42. The van der Waals surface area contributed by atoms with Gasteiger partial charge in [0.1, 0.15) is 16.4 Å². The van der Waals surface area contributed by atoms with Gasteiger partial charge in [-0.25, -0.2) is 12.8 Å². The quantitative estimate of drug-likeness (QED) is 0.744. The fourth-order valence-corrected chi connectivity index (χ4v) is 5.28. The third kappa shape index (κ3) is 3.79. The molecule has 2 aliphatic heterocycles. The van der Waals surface area contributed by atoms with E-state index in [1.54, 1.807) is 24.3 Å². The van der Waals surface area contributed by atoms with Gasteiger partial charge >= 0.3 is 0 Å². The van der Waals surface area contributed by atoms with E-state index in [-0.39, 0.29) is 16.6 Å². The van der Waals surface area contributed by atoms with E-state index in [9.17, 15) is 17.6 Å². The average Bonchev–Trinajstić information content (AvgIpc) is 3.08. The zero-order chi connectivity index (χ0) is 20.8. The lowest BCUT2D eigenvalue weighted by molar-refractivity contribution is -0.123. The van der Waals surface area contributed by atoms with Gasteiger partial charge in [-0.1, -0.05) is 12.1 Å². The largest absolute Gasteiger partial charge is 0.457 e. The molecule has 2 atom stereocenters. The van der Waals surface area contributed by atoms with Crippen LogP contribution in [-0.2, 0) is 20.6 Å². The maximum Gasteiger partial charge on any atom is 0.244 e. The summed E-state index contributed by atoms with van der Waals surface area (Å²) in [7, 11) is -3.64. The highest BCUT2D eigenvalue weighted by atomic mass is 32.2. The van der Waals surface area contributed by atoms with Crippen LogP contribution in [-0.4, -0.2) is 27.0 Å². The van der Waals surface area contributed by atoms with Gasteiger partial charge in [-0.05, 0) is 44.0 Å². The van der Waals surface area contributed by atoms with Crippen molar-refractivity contribution >= 4 is 21.6 Å². The van der Waals surface area contributed by atoms with Gasteiger partial charge in [0, 0.05) is 25.1 Å². The van der Waals surface area contributed by atoms with E-state index < -0.39 is 21.7 Å². The van der Waals surface area contributed by atoms with Crippen molar-refractivity contribution in [1.29, 1.82) is 0 Å². The van der Waals surface area contributed by atoms with Gasteiger partial charge in [0.25, 0.3) is 0 Å². The summed E-state index contributed by atoms with van der Waals surface area (Å²) in [6.45, 7) is 3.28. The number of halogens is 1. The van der Waals surface area contributed by atoms with Crippen molar-refractivity contribution in [3.8, 4) is 11.5 Å². The van der Waals surface area contributed by atoms with Crippen molar-refractivity contribution in [3.05, 3.63) is 48.0 Å². The zero-order valence-electron chi connectivity index (χ0n) is 16.1. The first-order valence-electron chi connectivity index (χ1n) is 9.35. The lowest BCUT2D eigenvalue weighted by Crippen LogP contribution is -2.48. The van der Waals surface area contributed by atoms with Crippen molar-refractivity contribution in [1.82, 2.24) is 10.0 Å². The molecule has 1 fully saturated rings. The van der Waals surface area contributed by atoms with E-state index in [1.807, 2.05) is 4.90 Å². The molecule has 2 heterocycles. The fraction of sp³-hybridized carbons (Fsp3) is 0.350. The molecular formula is C20H22FN3O4S. The summed E-state index contributed by atoms with van der Waals surface area (Å²) in [5, 5.41) is 2.25. The molecule has 0 spiro atoms. The minimum absolute atomic E-state index is 0.165. The standard InChI is InChI=1S/C20H22FN3O4S/c1-13(25)22-20(2,21)14-5-3-6-15(11-14)28-16-8-9-17-18(12-16)29(26,27)23-19-7-4-10-24(17)19/h3,5-6,8-9,11-12,19,23H,4,7,10H2,1-2H3,(H,22,25). The average molecular weight is 419 g/mol. The third-order valence-corrected chi connectivity index (χ3v) is 6.59. The Bertz CT molecular complexity index is 1070. The van der Waals surface area contributed by atoms with Crippen LogP contribution in [0.3, 0.4) is 0 Å². The predicted molar refractivity (Wildman–Crippen MR) is 106 cm³/mol. The Morgan fingerprint density at radius 1 is 1.28 bits per heavy atom. The van der Waals surface area contributed by atoms with E-state index >= 15 is 0 Å². The molecule has 2 aromatic carbocycles. The number of alkyl halides is 1. The Kier molecular flexibility index (Phi) is 4.74. The number of nitrogens with one attached hydrogen (secondary N) is 2. The van der Waals surface area contributed by atoms with Crippen molar-refractivity contribution < 1.29 is 22.3 Å². The van der Waals surface area contributed by atoms with Gasteiger partial charge in [-0.15, -0.1) is 0 Å². The zero-order valence-corrected chi connectivity index (χ0v) is 16.9. The molecule has 29 heavy (non-hydrogen) atoms. The monoisotopic (exact) mass is 419 g/mol. The maximum atomic E-state index is 14.8. The van der Waals surface area contributed by atoms with Gasteiger partial charge < -0.3 is 15.0 Å². The lowest BCUT2D eigenvalue weighted by atomic mass is 10.1. The molecule has 154 valence electrons. The van der Waals surface area contributed by atoms with Gasteiger partial charge in [-0.2, -0.15) is 4.72 Å². The number of hydrogen-bond donors (Lipinski definition) is 2. The molecule has 0 aliphatic carbocycles. The Labute approximate surface area is 168 Å². The normalized spacial score (nSPS) is 21.6. The van der Waals surface area contributed by atoms with E-state index in [0.717, 1.165) is 19.4 Å². The smallest absolute Gasteiger partial charge is 0.244 e. The number of amides is 1. The number of fused-ring (bicyclic) bond motifs is 3. The van der Waals surface area contributed by atoms with Crippen molar-refractivity contribution in [2.24, 2.45) is 0 Å². The molecule has 7 nitrogen and oxygen atoms in total. The summed E-state index contributed by atoms with van der Waals surface area (Å²) >= 11 is 0. The molecule has 1 amide bonds. The number of hydrogen-bond acceptors (Lipinski definition) is 5. The maximum absolute atomic E-state index is 14.8. The molecule has 2 aromatic rings. The highest BCUT2D eigenvalue weighted by Gasteiger charge is 2.38. The molecule has 0 radical (unpaired) electrons. The minimum Gasteiger partial charge on any atom is -0.457 e. The molecule has 0 aromatic heterocycles. The van der Waals surface area contributed by atoms with E-state index in [1.165, 1.54) is 32.0 Å². The number of rotatable bonds is 4. The van der Waals surface area contributed by atoms with E-state index in [0.29, 0.717) is 17.2 Å². The van der Waals surface area contributed by atoms with Crippen LogP contribution in [0.5, 0.6) is 11.5 Å². The molecular weight excluding hydrogens is 397 g/mol. The first-order valence-corrected chi connectivity index (χ1v) is 10.8. The van der Waals surface area contributed by atoms with Gasteiger partial charge in [0.2, 0.25) is 21.7 Å². The Morgan fingerprint density at radius 2 is 2.03 bits per heavy atom. The minimum atomic E-state index is -3.64. The predicted octanol–water partition coefficient (Wildman–Crippen LogP) is 2.98. The lowest BCUT2D eigenvalue weighted by Gasteiger charge is -2.34. The highest BCUT2D eigenvalue weighted by Crippen LogP contribution is 2.38. The summed E-state index contributed by atoms with van der Waals surface area (Å²) in [6.07, 6.45) is 1.50. The number of nitrogens with zero attached hydrogens (tertiary/aromatic N) is 1. The summed E-state index contributed by atoms with van der Waals surface area (Å²) in [4.78, 5) is 13.4. The second kappa shape index (κ2) is 7.00. The molecule has 2 N–H and O–H groups in total. The first-order chi connectivity index (χ1) is 13.7. The number of anilines is 1. The van der Waals surface area contributed by atoms with Crippen LogP contribution in [0, 0.1) is 0 Å². The summed E-state index contributed by atoms with van der Waals surface area (Å²) in [5.74, 6) is -1.89.